The van der Waals surface area contributed by atoms with Crippen LogP contribution in [0, 0.1) is 0 Å². The number of halogens is 1. The van der Waals surface area contributed by atoms with Crippen LogP contribution in [0.5, 0.6) is 0 Å². The number of nitrogens with zero attached hydrogens (tertiary/aromatic N) is 2. The molecule has 0 saturated heterocycles. The van der Waals surface area contributed by atoms with E-state index in [2.05, 4.69) is 31.4 Å². The molecule has 0 spiro atoms. The molecule has 9 heteroatoms. The number of carbonyl (C=O) groups is 2. The second kappa shape index (κ2) is 5.88. The highest BCUT2D eigenvalue weighted by Gasteiger charge is 2.46. The Morgan fingerprint density at radius 3 is 2.74 bits per heavy atom. The third-order valence-electron chi connectivity index (χ3n) is 3.70. The summed E-state index contributed by atoms with van der Waals surface area (Å²) >= 11 is 6.01. The topological polar surface area (TPSA) is 112 Å². The van der Waals surface area contributed by atoms with Gasteiger partial charge in [0.15, 0.2) is 11.5 Å². The first-order valence-corrected chi connectivity index (χ1v) is 7.40. The molecule has 8 nitrogen and oxygen atoms in total. The Hall–Kier alpha value is -2.61. The third-order valence-corrected chi connectivity index (χ3v) is 3.94. The molecule has 23 heavy (non-hydrogen) atoms. The highest BCUT2D eigenvalue weighted by atomic mass is 35.5. The lowest BCUT2D eigenvalue weighted by Crippen LogP contribution is -2.38. The van der Waals surface area contributed by atoms with E-state index in [1.165, 1.54) is 7.05 Å². The van der Waals surface area contributed by atoms with Gasteiger partial charge in [-0.05, 0) is 30.5 Å². The van der Waals surface area contributed by atoms with E-state index in [1.807, 2.05) is 18.2 Å². The fourth-order valence-corrected chi connectivity index (χ4v) is 2.54. The summed E-state index contributed by atoms with van der Waals surface area (Å²) in [7, 11) is 1.47. The van der Waals surface area contributed by atoms with Crippen molar-refractivity contribution in [1.82, 2.24) is 26.0 Å². The number of aromatic nitrogens is 3. The van der Waals surface area contributed by atoms with Crippen molar-refractivity contribution in [2.24, 2.45) is 0 Å². The molecule has 0 atom stereocenters. The zero-order valence-electron chi connectivity index (χ0n) is 12.3. The molecule has 1 aromatic carbocycles. The van der Waals surface area contributed by atoms with E-state index in [-0.39, 0.29) is 11.5 Å². The number of urea groups is 1. The fraction of sp³-hybridized carbons (Fsp3) is 0.286. The number of amides is 3. The van der Waals surface area contributed by atoms with Gasteiger partial charge in [-0.15, -0.1) is 10.2 Å². The maximum Gasteiger partial charge on any atom is 0.321 e. The lowest BCUT2D eigenvalue weighted by Gasteiger charge is -2.18. The Labute approximate surface area is 137 Å². The first-order chi connectivity index (χ1) is 11.0. The summed E-state index contributed by atoms with van der Waals surface area (Å²) in [5.41, 5.74) is 0.549. The lowest BCUT2D eigenvalue weighted by atomic mass is 10.1. The van der Waals surface area contributed by atoms with Gasteiger partial charge in [0.05, 0.1) is 5.54 Å². The molecular weight excluding hydrogens is 320 g/mol. The van der Waals surface area contributed by atoms with E-state index in [0.717, 1.165) is 18.4 Å². The van der Waals surface area contributed by atoms with Gasteiger partial charge in [0.2, 0.25) is 0 Å². The molecule has 1 saturated carbocycles. The number of rotatable bonds is 4. The van der Waals surface area contributed by atoms with E-state index in [1.54, 1.807) is 6.07 Å². The summed E-state index contributed by atoms with van der Waals surface area (Å²) < 4.78 is 0. The molecule has 0 bridgehead atoms. The van der Waals surface area contributed by atoms with Crippen molar-refractivity contribution in [1.29, 1.82) is 0 Å². The number of H-pyrrole nitrogens is 1. The smallest absolute Gasteiger partial charge is 0.321 e. The van der Waals surface area contributed by atoms with E-state index in [0.29, 0.717) is 5.02 Å². The number of hydrogen-bond acceptors (Lipinski definition) is 4. The maximum atomic E-state index is 12.2. The molecule has 3 amide bonds. The molecule has 0 radical (unpaired) electrons. The van der Waals surface area contributed by atoms with Crippen LogP contribution in [0.3, 0.4) is 0 Å². The predicted molar refractivity (Wildman–Crippen MR) is 84.3 cm³/mol. The zero-order chi connectivity index (χ0) is 16.4. The number of benzene rings is 1. The first kappa shape index (κ1) is 15.3. The average molecular weight is 335 g/mol. The third kappa shape index (κ3) is 3.11. The van der Waals surface area contributed by atoms with Gasteiger partial charge in [-0.1, -0.05) is 23.7 Å². The van der Waals surface area contributed by atoms with E-state index in [9.17, 15) is 9.59 Å². The largest absolute Gasteiger partial charge is 0.354 e. The molecule has 4 N–H and O–H groups in total. The fourth-order valence-electron chi connectivity index (χ4n) is 2.35. The number of hydrogen-bond donors (Lipinski definition) is 4. The number of nitrogens with one attached hydrogen (secondary N) is 4. The van der Waals surface area contributed by atoms with Gasteiger partial charge in [0.25, 0.3) is 5.91 Å². The molecule has 2 aromatic rings. The minimum absolute atomic E-state index is 0.0234. The van der Waals surface area contributed by atoms with Crippen LogP contribution in [0.4, 0.5) is 10.6 Å². The Balaban J connectivity index is 1.71. The van der Waals surface area contributed by atoms with Crippen LogP contribution >= 0.6 is 11.6 Å². The summed E-state index contributed by atoms with van der Waals surface area (Å²) in [5.74, 6) is -0.367. The Morgan fingerprint density at radius 2 is 2.09 bits per heavy atom. The summed E-state index contributed by atoms with van der Waals surface area (Å²) in [6, 6.07) is 6.93. The van der Waals surface area contributed by atoms with Gasteiger partial charge >= 0.3 is 6.03 Å². The Bertz CT molecular complexity index is 755. The monoisotopic (exact) mass is 334 g/mol. The number of anilines is 1. The highest BCUT2D eigenvalue weighted by molar-refractivity contribution is 6.30. The molecule has 1 aromatic heterocycles. The molecule has 1 aliphatic carbocycles. The van der Waals surface area contributed by atoms with Crippen molar-refractivity contribution in [3.05, 3.63) is 40.5 Å². The standard InChI is InChI=1S/C14H15ClN6O2/c1-16-12(22)10-11(20-21-19-10)17-13(23)18-14(5-6-14)8-3-2-4-9(15)7-8/h2-4,7H,5-6H2,1H3,(H,16,22)(H3,17,18,19,20,21,23). The SMILES string of the molecule is CNC(=O)c1n[nH]nc1NC(=O)NC1(c2cccc(Cl)c2)CC1. The molecular formula is C14H15ClN6O2. The van der Waals surface area contributed by atoms with Crippen LogP contribution in [0.1, 0.15) is 28.9 Å². The Morgan fingerprint density at radius 1 is 1.30 bits per heavy atom. The van der Waals surface area contributed by atoms with Crippen LogP contribution in [0.2, 0.25) is 5.02 Å². The average Bonchev–Trinajstić information content (AvgIpc) is 3.16. The van der Waals surface area contributed by atoms with Crippen molar-refractivity contribution in [2.45, 2.75) is 18.4 Å². The zero-order valence-corrected chi connectivity index (χ0v) is 13.1. The van der Waals surface area contributed by atoms with Crippen LogP contribution < -0.4 is 16.0 Å². The molecule has 3 rings (SSSR count). The van der Waals surface area contributed by atoms with Crippen molar-refractivity contribution < 1.29 is 9.59 Å². The minimum Gasteiger partial charge on any atom is -0.354 e. The summed E-state index contributed by atoms with van der Waals surface area (Å²) in [4.78, 5) is 23.8. The molecule has 0 aliphatic heterocycles. The molecule has 120 valence electrons. The number of carbonyl (C=O) groups excluding carboxylic acids is 2. The number of aromatic amines is 1. The van der Waals surface area contributed by atoms with Gasteiger partial charge in [-0.2, -0.15) is 5.21 Å². The van der Waals surface area contributed by atoms with E-state index in [4.69, 9.17) is 11.6 Å². The summed E-state index contributed by atoms with van der Waals surface area (Å²) in [6.07, 6.45) is 1.64. The van der Waals surface area contributed by atoms with E-state index >= 15 is 0 Å². The van der Waals surface area contributed by atoms with Crippen molar-refractivity contribution in [2.75, 3.05) is 12.4 Å². The molecule has 1 aliphatic rings. The van der Waals surface area contributed by atoms with Gasteiger partial charge < -0.3 is 10.6 Å². The minimum atomic E-state index is -0.457. The molecule has 1 heterocycles. The van der Waals surface area contributed by atoms with E-state index < -0.39 is 17.5 Å². The second-order valence-electron chi connectivity index (χ2n) is 5.27. The second-order valence-corrected chi connectivity index (χ2v) is 5.71. The predicted octanol–water partition coefficient (Wildman–Crippen LogP) is 1.63. The normalized spacial score (nSPS) is 14.9. The molecule has 0 unspecified atom stereocenters. The Kier molecular flexibility index (Phi) is 3.91. The quantitative estimate of drug-likeness (QED) is 0.680. The maximum absolute atomic E-state index is 12.2. The lowest BCUT2D eigenvalue weighted by molar-refractivity contribution is 0.0959. The summed E-state index contributed by atoms with van der Waals surface area (Å²) in [5, 5.41) is 18.3. The van der Waals surface area contributed by atoms with Crippen LogP contribution in [0.25, 0.3) is 0 Å². The van der Waals surface area contributed by atoms with Crippen LogP contribution in [0.15, 0.2) is 24.3 Å². The highest BCUT2D eigenvalue weighted by Crippen LogP contribution is 2.46. The van der Waals surface area contributed by atoms with Crippen molar-refractivity contribution in [3.8, 4) is 0 Å². The van der Waals surface area contributed by atoms with Crippen molar-refractivity contribution >= 4 is 29.4 Å². The van der Waals surface area contributed by atoms with Gasteiger partial charge in [-0.3, -0.25) is 10.1 Å². The van der Waals surface area contributed by atoms with Crippen molar-refractivity contribution in [3.63, 3.8) is 0 Å². The van der Waals surface area contributed by atoms with Crippen LogP contribution in [-0.2, 0) is 5.54 Å². The molecule has 1 fully saturated rings. The van der Waals surface area contributed by atoms with Crippen LogP contribution in [-0.4, -0.2) is 34.4 Å². The van der Waals surface area contributed by atoms with Gasteiger partial charge in [-0.25, -0.2) is 4.79 Å². The summed E-state index contributed by atoms with van der Waals surface area (Å²) in [6.45, 7) is 0. The first-order valence-electron chi connectivity index (χ1n) is 7.02. The van der Waals surface area contributed by atoms with Gasteiger partial charge in [0.1, 0.15) is 0 Å². The van der Waals surface area contributed by atoms with Gasteiger partial charge in [0, 0.05) is 12.1 Å².